The zero-order valence-corrected chi connectivity index (χ0v) is 26.9. The molecule has 12 nitrogen and oxygen atoms in total. The van der Waals surface area contributed by atoms with Gasteiger partial charge in [0.25, 0.3) is 5.91 Å². The Hall–Kier alpha value is -3.71. The number of carbonyl (C=O) groups is 2. The van der Waals surface area contributed by atoms with Gasteiger partial charge in [-0.2, -0.15) is 0 Å². The van der Waals surface area contributed by atoms with Crippen LogP contribution < -0.4 is 11.1 Å². The molecule has 244 valence electrons. The van der Waals surface area contributed by atoms with Crippen molar-refractivity contribution in [1.82, 2.24) is 4.90 Å². The van der Waals surface area contributed by atoms with E-state index >= 15 is 0 Å². The molecule has 2 bridgehead atoms. The molecule has 1 aromatic carbocycles. The topological polar surface area (TPSA) is 176 Å². The predicted molar refractivity (Wildman–Crippen MR) is 170 cm³/mol. The molecule has 6 atom stereocenters. The predicted octanol–water partition coefficient (Wildman–Crippen LogP) is 3.82. The number of allylic oxidation sites excluding steroid dienone is 2. The van der Waals surface area contributed by atoms with Crippen LogP contribution in [0.3, 0.4) is 0 Å². The Morgan fingerprint density at radius 3 is 2.48 bits per heavy atom. The molecule has 0 aromatic heterocycles. The summed E-state index contributed by atoms with van der Waals surface area (Å²) < 4.78 is 16.7. The Morgan fingerprint density at radius 1 is 1.20 bits per heavy atom. The molecule has 0 radical (unpaired) electrons. The van der Waals surface area contributed by atoms with Gasteiger partial charge in [-0.25, -0.2) is 4.79 Å². The number of aliphatic hydroxyl groups is 1. The summed E-state index contributed by atoms with van der Waals surface area (Å²) in [6, 6.07) is 1.26. The Balaban J connectivity index is 2.69. The smallest absolute Gasteiger partial charge is 0.405 e. The third-order valence-electron chi connectivity index (χ3n) is 7.47. The number of hydrogen-bond donors (Lipinski definition) is 5. The number of ether oxygens (including phenoxy) is 3. The van der Waals surface area contributed by atoms with Crippen LogP contribution in [0.5, 0.6) is 11.5 Å². The third kappa shape index (κ3) is 10.2. The lowest BCUT2D eigenvalue weighted by Crippen LogP contribution is -2.37. The summed E-state index contributed by atoms with van der Waals surface area (Å²) in [7, 11) is 6.71. The number of methoxy groups -OCH3 is 2. The number of hydrogen-bond acceptors (Lipinski definition) is 10. The fraction of sp³-hybridized carbons (Fsp3) is 0.531. The van der Waals surface area contributed by atoms with Crippen LogP contribution in [0.1, 0.15) is 39.7 Å². The SMILES string of the molecule is CO[C@H]1C=CC=C(C)C(=O)Nc2cc(O)c(N=CCN(C)C)c(c2O)CC(C)C[C@H](OC)[C@H](O)C(C)C=C(C)[C@@H]1OC(N)=O. The number of aliphatic hydroxyl groups excluding tert-OH is 1. The van der Waals surface area contributed by atoms with Crippen molar-refractivity contribution in [3.05, 3.63) is 47.1 Å². The van der Waals surface area contributed by atoms with E-state index in [1.165, 1.54) is 26.4 Å². The third-order valence-corrected chi connectivity index (χ3v) is 7.47. The number of rotatable bonds is 6. The van der Waals surface area contributed by atoms with Gasteiger partial charge in [0.2, 0.25) is 0 Å². The van der Waals surface area contributed by atoms with E-state index in [1.807, 2.05) is 32.8 Å². The van der Waals surface area contributed by atoms with Gasteiger partial charge >= 0.3 is 6.09 Å². The van der Waals surface area contributed by atoms with E-state index < -0.39 is 42.3 Å². The molecule has 2 rings (SSSR count). The van der Waals surface area contributed by atoms with Crippen molar-refractivity contribution >= 4 is 29.6 Å². The van der Waals surface area contributed by atoms with Crippen LogP contribution in [0.15, 0.2) is 46.5 Å². The first-order valence-corrected chi connectivity index (χ1v) is 14.5. The Bertz CT molecular complexity index is 1270. The Kier molecular flexibility index (Phi) is 14.1. The Morgan fingerprint density at radius 2 is 1.89 bits per heavy atom. The number of anilines is 1. The second-order valence-electron chi connectivity index (χ2n) is 11.5. The molecule has 12 heteroatoms. The average molecular weight is 617 g/mol. The van der Waals surface area contributed by atoms with Crippen molar-refractivity contribution in [2.45, 2.75) is 65.0 Å². The highest BCUT2D eigenvalue weighted by Crippen LogP contribution is 2.44. The van der Waals surface area contributed by atoms with Crippen molar-refractivity contribution in [2.24, 2.45) is 22.6 Å². The van der Waals surface area contributed by atoms with Gasteiger partial charge in [0.15, 0.2) is 6.10 Å². The van der Waals surface area contributed by atoms with Crippen molar-refractivity contribution in [3.63, 3.8) is 0 Å². The van der Waals surface area contributed by atoms with Crippen LogP contribution in [0.25, 0.3) is 0 Å². The fourth-order valence-electron chi connectivity index (χ4n) is 5.03. The van der Waals surface area contributed by atoms with Crippen LogP contribution in [0.2, 0.25) is 0 Å². The first-order chi connectivity index (χ1) is 20.7. The van der Waals surface area contributed by atoms with Gasteiger partial charge in [-0.3, -0.25) is 9.79 Å². The van der Waals surface area contributed by atoms with Crippen molar-refractivity contribution in [3.8, 4) is 11.5 Å². The van der Waals surface area contributed by atoms with Gasteiger partial charge in [0.1, 0.15) is 23.3 Å². The van der Waals surface area contributed by atoms with E-state index in [-0.39, 0.29) is 40.8 Å². The normalized spacial score (nSPS) is 25.9. The summed E-state index contributed by atoms with van der Waals surface area (Å²) >= 11 is 0. The summed E-state index contributed by atoms with van der Waals surface area (Å²) in [5.74, 6) is -1.53. The quantitative estimate of drug-likeness (QED) is 0.138. The summed E-state index contributed by atoms with van der Waals surface area (Å²) in [4.78, 5) is 31.2. The second kappa shape index (κ2) is 17.0. The summed E-state index contributed by atoms with van der Waals surface area (Å²) in [6.45, 7) is 7.59. The molecule has 0 saturated heterocycles. The number of nitrogens with one attached hydrogen (secondary N) is 1. The van der Waals surface area contributed by atoms with E-state index in [0.717, 1.165) is 0 Å². The molecule has 1 heterocycles. The minimum Gasteiger partial charge on any atom is -0.506 e. The van der Waals surface area contributed by atoms with Gasteiger partial charge in [-0.1, -0.05) is 38.2 Å². The minimum absolute atomic E-state index is 0.0253. The van der Waals surface area contributed by atoms with Crippen LogP contribution >= 0.6 is 0 Å². The van der Waals surface area contributed by atoms with Gasteiger partial charge in [0.05, 0.1) is 17.9 Å². The fourth-order valence-corrected chi connectivity index (χ4v) is 5.03. The molecule has 2 amide bonds. The Labute approximate surface area is 259 Å². The maximum Gasteiger partial charge on any atom is 0.405 e. The van der Waals surface area contributed by atoms with Gasteiger partial charge < -0.3 is 45.5 Å². The molecule has 1 aromatic rings. The molecular weight excluding hydrogens is 568 g/mol. The monoisotopic (exact) mass is 616 g/mol. The van der Waals surface area contributed by atoms with Crippen molar-refractivity contribution in [2.75, 3.05) is 40.2 Å². The average Bonchev–Trinajstić information content (AvgIpc) is 2.95. The second-order valence-corrected chi connectivity index (χ2v) is 11.5. The number of phenols is 2. The molecule has 0 aliphatic carbocycles. The lowest BCUT2D eigenvalue weighted by atomic mass is 9.87. The van der Waals surface area contributed by atoms with E-state index in [4.69, 9.17) is 19.9 Å². The minimum atomic E-state index is -0.991. The first-order valence-electron chi connectivity index (χ1n) is 14.5. The maximum atomic E-state index is 13.1. The van der Waals surface area contributed by atoms with Gasteiger partial charge in [-0.05, 0) is 52.3 Å². The van der Waals surface area contributed by atoms with Crippen LogP contribution in [0, 0.1) is 11.8 Å². The van der Waals surface area contributed by atoms with Crippen molar-refractivity contribution in [1.29, 1.82) is 0 Å². The number of primary amides is 1. The van der Waals surface area contributed by atoms with E-state index in [0.29, 0.717) is 24.1 Å². The number of nitrogens with two attached hydrogens (primary N) is 1. The van der Waals surface area contributed by atoms with E-state index in [9.17, 15) is 24.9 Å². The van der Waals surface area contributed by atoms with Crippen LogP contribution in [-0.4, -0.2) is 97.7 Å². The molecule has 1 aliphatic heterocycles. The number of benzene rings is 1. The van der Waals surface area contributed by atoms with Crippen LogP contribution in [0.4, 0.5) is 16.2 Å². The number of aromatic hydroxyl groups is 2. The lowest BCUT2D eigenvalue weighted by molar-refractivity contribution is -0.112. The summed E-state index contributed by atoms with van der Waals surface area (Å²) in [5, 5.41) is 36.2. The highest BCUT2D eigenvalue weighted by molar-refractivity contribution is 6.04. The van der Waals surface area contributed by atoms with Crippen LogP contribution in [-0.2, 0) is 25.4 Å². The highest BCUT2D eigenvalue weighted by Gasteiger charge is 2.30. The van der Waals surface area contributed by atoms with Gasteiger partial charge in [0, 0.05) is 50.1 Å². The number of aliphatic imine (C=N–C) groups is 1. The molecular formula is C32H48N4O8. The van der Waals surface area contributed by atoms with Crippen molar-refractivity contribution < 1.29 is 39.1 Å². The molecule has 6 N–H and O–H groups in total. The number of fused-ring (bicyclic) bond motifs is 2. The molecule has 44 heavy (non-hydrogen) atoms. The standard InChI is InChI=1S/C32H48N4O8/c1-18-14-22-27(34-12-13-36(5)6)24(37)17-23(29(22)39)35-31(40)19(2)10-9-11-25(42-7)30(44-32(33)41)21(4)16-20(3)28(38)26(15-18)43-8/h9-12,16-18,20,25-26,28,30,37-39H,13-15H2,1-8H3,(H2,33,41)(H,35,40)/t18?,20?,25-,26-,28+,30-/m0/s1. The number of phenolic OH excluding ortho intramolecular Hbond substituents is 2. The molecule has 2 unspecified atom stereocenters. The first kappa shape index (κ1) is 36.5. The summed E-state index contributed by atoms with van der Waals surface area (Å²) in [6.07, 6.45) is 4.57. The van der Waals surface area contributed by atoms with Gasteiger partial charge in [-0.15, -0.1) is 0 Å². The van der Waals surface area contributed by atoms with E-state index in [2.05, 4.69) is 10.3 Å². The zero-order chi connectivity index (χ0) is 33.1. The molecule has 0 saturated carbocycles. The molecule has 0 spiro atoms. The maximum absolute atomic E-state index is 13.1. The highest BCUT2D eigenvalue weighted by atomic mass is 16.6. The number of nitrogens with zero attached hydrogens (tertiary/aromatic N) is 2. The summed E-state index contributed by atoms with van der Waals surface area (Å²) in [5.41, 5.74) is 6.82. The van der Waals surface area contributed by atoms with E-state index in [1.54, 1.807) is 38.3 Å². The molecule has 1 aliphatic rings. The lowest BCUT2D eigenvalue weighted by Gasteiger charge is -2.29. The number of carbonyl (C=O) groups excluding carboxylic acids is 2. The number of amides is 2. The largest absolute Gasteiger partial charge is 0.506 e. The zero-order valence-electron chi connectivity index (χ0n) is 26.9. The molecule has 0 fully saturated rings.